The smallest absolute Gasteiger partial charge is 0.281 e. The number of halogens is 2. The fourth-order valence-electron chi connectivity index (χ4n) is 2.96. The van der Waals surface area contributed by atoms with Gasteiger partial charge in [0.2, 0.25) is 5.95 Å². The molecule has 0 aliphatic rings. The van der Waals surface area contributed by atoms with Gasteiger partial charge in [0, 0.05) is 27.7 Å². The molecular formula is C23H18Cl2N4O2. The predicted molar refractivity (Wildman–Crippen MR) is 122 cm³/mol. The van der Waals surface area contributed by atoms with Crippen molar-refractivity contribution in [2.75, 3.05) is 12.4 Å². The van der Waals surface area contributed by atoms with Crippen LogP contribution in [0.2, 0.25) is 10.0 Å². The highest BCUT2D eigenvalue weighted by Crippen LogP contribution is 2.23. The number of methoxy groups -OCH3 is 1. The quantitative estimate of drug-likeness (QED) is 0.414. The van der Waals surface area contributed by atoms with Crippen LogP contribution >= 0.6 is 23.2 Å². The van der Waals surface area contributed by atoms with Crippen molar-refractivity contribution in [3.05, 3.63) is 94.0 Å². The third-order valence-corrected chi connectivity index (χ3v) is 5.25. The molecule has 0 amide bonds. The Bertz CT molecular complexity index is 1210. The molecule has 0 saturated carbocycles. The lowest BCUT2D eigenvalue weighted by atomic mass is 10.2. The number of nitrogens with zero attached hydrogens (tertiary/aromatic N) is 3. The highest BCUT2D eigenvalue weighted by Gasteiger charge is 2.19. The zero-order chi connectivity index (χ0) is 21.8. The fraction of sp³-hybridized carbons (Fsp3) is 0.0870. The lowest BCUT2D eigenvalue weighted by Gasteiger charge is -2.08. The van der Waals surface area contributed by atoms with Gasteiger partial charge in [0.15, 0.2) is 5.82 Å². The third kappa shape index (κ3) is 4.71. The van der Waals surface area contributed by atoms with E-state index >= 15 is 0 Å². The Hall–Kier alpha value is -3.35. The van der Waals surface area contributed by atoms with Crippen molar-refractivity contribution in [1.82, 2.24) is 14.8 Å². The van der Waals surface area contributed by atoms with Crippen LogP contribution < -0.4 is 10.1 Å². The number of anilines is 1. The minimum Gasteiger partial charge on any atom is -0.497 e. The Labute approximate surface area is 189 Å². The van der Waals surface area contributed by atoms with Crippen LogP contribution in [0, 0.1) is 0 Å². The number of nitrogens with one attached hydrogen (secondary N) is 1. The van der Waals surface area contributed by atoms with Crippen LogP contribution in [-0.2, 0) is 6.54 Å². The van der Waals surface area contributed by atoms with E-state index in [0.29, 0.717) is 33.9 Å². The summed E-state index contributed by atoms with van der Waals surface area (Å²) in [7, 11) is 1.60. The number of hydrogen-bond donors (Lipinski definition) is 1. The van der Waals surface area contributed by atoms with Gasteiger partial charge in [0.05, 0.1) is 7.11 Å². The van der Waals surface area contributed by atoms with E-state index in [2.05, 4.69) is 15.4 Å². The summed E-state index contributed by atoms with van der Waals surface area (Å²) in [6.07, 6.45) is 0. The van der Waals surface area contributed by atoms with Crippen molar-refractivity contribution in [2.45, 2.75) is 6.54 Å². The lowest BCUT2D eigenvalue weighted by Crippen LogP contribution is -2.17. The number of aromatic nitrogens is 3. The first-order chi connectivity index (χ1) is 15.0. The van der Waals surface area contributed by atoms with Gasteiger partial charge in [-0.3, -0.25) is 4.79 Å². The van der Waals surface area contributed by atoms with Gasteiger partial charge >= 0.3 is 0 Å². The van der Waals surface area contributed by atoms with Gasteiger partial charge in [-0.15, -0.1) is 5.10 Å². The van der Waals surface area contributed by atoms with Crippen molar-refractivity contribution in [2.24, 2.45) is 0 Å². The number of benzene rings is 3. The van der Waals surface area contributed by atoms with Crippen molar-refractivity contribution in [3.63, 3.8) is 0 Å². The molecule has 8 heteroatoms. The molecule has 0 saturated heterocycles. The average molecular weight is 453 g/mol. The second-order valence-electron chi connectivity index (χ2n) is 6.66. The highest BCUT2D eigenvalue weighted by atomic mass is 35.5. The molecule has 0 bridgehead atoms. The molecule has 0 radical (unpaired) electrons. The highest BCUT2D eigenvalue weighted by molar-refractivity contribution is 6.31. The Balaban J connectivity index is 1.69. The molecule has 4 aromatic rings. The summed E-state index contributed by atoms with van der Waals surface area (Å²) in [6, 6.07) is 21.4. The summed E-state index contributed by atoms with van der Waals surface area (Å²) in [5, 5.41) is 8.81. The zero-order valence-electron chi connectivity index (χ0n) is 16.5. The summed E-state index contributed by atoms with van der Waals surface area (Å²) in [5.41, 5.74) is 2.07. The maximum atomic E-state index is 13.1. The van der Waals surface area contributed by atoms with E-state index < -0.39 is 0 Å². The summed E-state index contributed by atoms with van der Waals surface area (Å²) in [5.74, 6) is 1.11. The van der Waals surface area contributed by atoms with Crippen LogP contribution in [0.1, 0.15) is 15.9 Å². The molecule has 1 heterocycles. The number of hydrogen-bond acceptors (Lipinski definition) is 5. The van der Waals surface area contributed by atoms with E-state index in [9.17, 15) is 4.79 Å². The number of rotatable bonds is 6. The molecule has 0 aliphatic carbocycles. The van der Waals surface area contributed by atoms with E-state index in [1.807, 2.05) is 48.5 Å². The van der Waals surface area contributed by atoms with Gasteiger partial charge in [-0.2, -0.15) is 9.67 Å². The van der Waals surface area contributed by atoms with Crippen molar-refractivity contribution >= 4 is 35.1 Å². The van der Waals surface area contributed by atoms with Crippen LogP contribution in [0.3, 0.4) is 0 Å². The maximum absolute atomic E-state index is 13.1. The topological polar surface area (TPSA) is 69.0 Å². The summed E-state index contributed by atoms with van der Waals surface area (Å²) >= 11 is 12.2. The number of ether oxygens (including phenoxy) is 1. The van der Waals surface area contributed by atoms with Crippen LogP contribution in [0.15, 0.2) is 72.8 Å². The van der Waals surface area contributed by atoms with Crippen molar-refractivity contribution in [1.29, 1.82) is 0 Å². The third-order valence-electron chi connectivity index (χ3n) is 4.63. The van der Waals surface area contributed by atoms with Gasteiger partial charge in [-0.1, -0.05) is 41.4 Å². The van der Waals surface area contributed by atoms with Crippen LogP contribution in [0.4, 0.5) is 5.95 Å². The zero-order valence-corrected chi connectivity index (χ0v) is 18.1. The molecule has 0 spiro atoms. The largest absolute Gasteiger partial charge is 0.497 e. The molecule has 6 nitrogen and oxygen atoms in total. The molecule has 3 aromatic carbocycles. The van der Waals surface area contributed by atoms with Crippen LogP contribution in [0.5, 0.6) is 5.75 Å². The van der Waals surface area contributed by atoms with Gasteiger partial charge in [-0.25, -0.2) is 0 Å². The standard InChI is InChI=1S/C23H18Cl2N4O2/c1-31-19-12-8-15(9-13-19)21-27-23(26-14-17-4-2-3-5-20(17)25)29(28-21)22(30)16-6-10-18(24)11-7-16/h2-13H,14H2,1H3,(H,26,27,28). The van der Waals surface area contributed by atoms with Gasteiger partial charge in [-0.05, 0) is 60.2 Å². The lowest BCUT2D eigenvalue weighted by molar-refractivity contribution is 0.0947. The maximum Gasteiger partial charge on any atom is 0.281 e. The van der Waals surface area contributed by atoms with E-state index in [-0.39, 0.29) is 5.91 Å². The molecule has 0 unspecified atom stereocenters. The second-order valence-corrected chi connectivity index (χ2v) is 7.50. The Morgan fingerprint density at radius 2 is 1.71 bits per heavy atom. The number of carbonyl (C=O) groups is 1. The molecule has 1 N–H and O–H groups in total. The summed E-state index contributed by atoms with van der Waals surface area (Å²) in [4.78, 5) is 17.7. The van der Waals surface area contributed by atoms with E-state index in [1.165, 1.54) is 4.68 Å². The fourth-order valence-corrected chi connectivity index (χ4v) is 3.29. The minimum atomic E-state index is -0.328. The van der Waals surface area contributed by atoms with Gasteiger partial charge in [0.25, 0.3) is 5.91 Å². The first-order valence-electron chi connectivity index (χ1n) is 9.44. The molecule has 31 heavy (non-hydrogen) atoms. The molecule has 0 aliphatic heterocycles. The van der Waals surface area contributed by atoms with Crippen molar-refractivity contribution < 1.29 is 9.53 Å². The molecule has 1 aromatic heterocycles. The first-order valence-corrected chi connectivity index (χ1v) is 10.2. The summed E-state index contributed by atoms with van der Waals surface area (Å²) < 4.78 is 6.45. The van der Waals surface area contributed by atoms with E-state index in [0.717, 1.165) is 16.9 Å². The molecular weight excluding hydrogens is 435 g/mol. The summed E-state index contributed by atoms with van der Waals surface area (Å²) in [6.45, 7) is 0.383. The molecule has 156 valence electrons. The van der Waals surface area contributed by atoms with Crippen LogP contribution in [-0.4, -0.2) is 27.8 Å². The molecule has 4 rings (SSSR count). The van der Waals surface area contributed by atoms with Crippen LogP contribution in [0.25, 0.3) is 11.4 Å². The second kappa shape index (κ2) is 9.20. The van der Waals surface area contributed by atoms with E-state index in [1.54, 1.807) is 31.4 Å². The number of carbonyl (C=O) groups excluding carboxylic acids is 1. The Kier molecular flexibility index (Phi) is 6.21. The normalized spacial score (nSPS) is 10.7. The average Bonchev–Trinajstić information content (AvgIpc) is 3.23. The minimum absolute atomic E-state index is 0.311. The predicted octanol–water partition coefficient (Wildman–Crippen LogP) is 5.56. The van der Waals surface area contributed by atoms with Gasteiger partial charge < -0.3 is 10.1 Å². The van der Waals surface area contributed by atoms with Crippen molar-refractivity contribution in [3.8, 4) is 17.1 Å². The molecule has 0 atom stereocenters. The first kappa shape index (κ1) is 20.9. The SMILES string of the molecule is COc1ccc(-c2nc(NCc3ccccc3Cl)n(C(=O)c3ccc(Cl)cc3)n2)cc1. The van der Waals surface area contributed by atoms with E-state index in [4.69, 9.17) is 27.9 Å². The monoisotopic (exact) mass is 452 g/mol. The van der Waals surface area contributed by atoms with Gasteiger partial charge in [0.1, 0.15) is 5.75 Å². The Morgan fingerprint density at radius 3 is 2.39 bits per heavy atom. The Morgan fingerprint density at radius 1 is 1.00 bits per heavy atom. The molecule has 0 fully saturated rings.